The standard InChI is InChI=1S/C20H25NO2/c1-14-10-11-15(2)19(12-14)23-17(4)20(22)21-13-16(3)18-8-6-5-7-9-18/h5-12,16-17H,13H2,1-4H3,(H,21,22)/t16-,17+/m1/s1. The molecule has 0 radical (unpaired) electrons. The molecule has 0 aromatic heterocycles. The summed E-state index contributed by atoms with van der Waals surface area (Å²) in [4.78, 5) is 12.2. The fourth-order valence-corrected chi connectivity index (χ4v) is 2.38. The van der Waals surface area contributed by atoms with Crippen molar-refractivity contribution in [2.24, 2.45) is 0 Å². The Labute approximate surface area is 138 Å². The topological polar surface area (TPSA) is 38.3 Å². The van der Waals surface area contributed by atoms with Crippen LogP contribution >= 0.6 is 0 Å². The molecule has 3 nitrogen and oxygen atoms in total. The molecule has 122 valence electrons. The Balaban J connectivity index is 1.89. The first kappa shape index (κ1) is 17.1. The zero-order valence-corrected chi connectivity index (χ0v) is 14.3. The van der Waals surface area contributed by atoms with Crippen LogP contribution in [0, 0.1) is 13.8 Å². The van der Waals surface area contributed by atoms with E-state index >= 15 is 0 Å². The maximum atomic E-state index is 12.2. The molecule has 1 amide bonds. The number of carbonyl (C=O) groups excluding carboxylic acids is 1. The van der Waals surface area contributed by atoms with Crippen molar-refractivity contribution in [3.05, 3.63) is 65.2 Å². The van der Waals surface area contributed by atoms with Crippen molar-refractivity contribution < 1.29 is 9.53 Å². The van der Waals surface area contributed by atoms with Gasteiger partial charge in [-0.05, 0) is 49.4 Å². The van der Waals surface area contributed by atoms with E-state index in [-0.39, 0.29) is 11.8 Å². The fraction of sp³-hybridized carbons (Fsp3) is 0.350. The molecule has 23 heavy (non-hydrogen) atoms. The Bertz CT molecular complexity index is 652. The van der Waals surface area contributed by atoms with Gasteiger partial charge in [-0.1, -0.05) is 49.4 Å². The number of ether oxygens (including phenoxy) is 1. The van der Waals surface area contributed by atoms with Gasteiger partial charge in [0.15, 0.2) is 6.10 Å². The van der Waals surface area contributed by atoms with Crippen molar-refractivity contribution in [2.75, 3.05) is 6.54 Å². The minimum Gasteiger partial charge on any atom is -0.481 e. The molecule has 0 aliphatic rings. The minimum absolute atomic E-state index is 0.0892. The third-order valence-electron chi connectivity index (χ3n) is 3.97. The van der Waals surface area contributed by atoms with Crippen LogP contribution in [0.4, 0.5) is 0 Å². The summed E-state index contributed by atoms with van der Waals surface area (Å²) in [7, 11) is 0. The molecule has 2 aromatic rings. The molecule has 0 spiro atoms. The lowest BCUT2D eigenvalue weighted by atomic mass is 10.0. The molecule has 2 rings (SSSR count). The van der Waals surface area contributed by atoms with E-state index in [2.05, 4.69) is 24.4 Å². The SMILES string of the molecule is Cc1ccc(C)c(O[C@@H](C)C(=O)NC[C@@H](C)c2ccccc2)c1. The van der Waals surface area contributed by atoms with Crippen molar-refractivity contribution in [1.82, 2.24) is 5.32 Å². The average Bonchev–Trinajstić information content (AvgIpc) is 2.56. The number of hydrogen-bond donors (Lipinski definition) is 1. The molecule has 0 aliphatic carbocycles. The lowest BCUT2D eigenvalue weighted by molar-refractivity contribution is -0.127. The van der Waals surface area contributed by atoms with Gasteiger partial charge >= 0.3 is 0 Å². The van der Waals surface area contributed by atoms with Gasteiger partial charge in [-0.2, -0.15) is 0 Å². The van der Waals surface area contributed by atoms with Crippen LogP contribution in [0.3, 0.4) is 0 Å². The number of amides is 1. The second-order valence-corrected chi connectivity index (χ2v) is 6.09. The highest BCUT2D eigenvalue weighted by Gasteiger charge is 2.16. The number of carbonyl (C=O) groups is 1. The Morgan fingerprint density at radius 3 is 2.48 bits per heavy atom. The van der Waals surface area contributed by atoms with Crippen molar-refractivity contribution in [2.45, 2.75) is 39.7 Å². The van der Waals surface area contributed by atoms with Gasteiger partial charge < -0.3 is 10.1 Å². The van der Waals surface area contributed by atoms with Crippen LogP contribution in [0.15, 0.2) is 48.5 Å². The van der Waals surface area contributed by atoms with Gasteiger partial charge in [0.05, 0.1) is 0 Å². The predicted molar refractivity (Wildman–Crippen MR) is 93.9 cm³/mol. The average molecular weight is 311 g/mol. The number of rotatable bonds is 6. The quantitative estimate of drug-likeness (QED) is 0.876. The second kappa shape index (κ2) is 7.82. The molecule has 0 heterocycles. The van der Waals surface area contributed by atoms with Crippen LogP contribution in [-0.4, -0.2) is 18.6 Å². The summed E-state index contributed by atoms with van der Waals surface area (Å²) in [6, 6.07) is 16.2. The maximum absolute atomic E-state index is 12.2. The molecule has 0 aliphatic heterocycles. The first-order valence-corrected chi connectivity index (χ1v) is 8.04. The normalized spacial score (nSPS) is 13.2. The highest BCUT2D eigenvalue weighted by molar-refractivity contribution is 5.80. The van der Waals surface area contributed by atoms with Crippen molar-refractivity contribution in [3.8, 4) is 5.75 Å². The molecule has 3 heteroatoms. The van der Waals surface area contributed by atoms with E-state index in [1.807, 2.05) is 50.2 Å². The van der Waals surface area contributed by atoms with Gasteiger partial charge in [0.25, 0.3) is 5.91 Å². The van der Waals surface area contributed by atoms with E-state index in [4.69, 9.17) is 4.74 Å². The van der Waals surface area contributed by atoms with Gasteiger partial charge in [-0.15, -0.1) is 0 Å². The van der Waals surface area contributed by atoms with E-state index in [9.17, 15) is 4.79 Å². The summed E-state index contributed by atoms with van der Waals surface area (Å²) in [5, 5.41) is 2.97. The number of aryl methyl sites for hydroxylation is 2. The van der Waals surface area contributed by atoms with Gasteiger partial charge in [0.1, 0.15) is 5.75 Å². The molecule has 2 atom stereocenters. The maximum Gasteiger partial charge on any atom is 0.260 e. The molecule has 0 fully saturated rings. The molecule has 0 saturated heterocycles. The molecular formula is C20H25NO2. The molecule has 2 aromatic carbocycles. The fourth-order valence-electron chi connectivity index (χ4n) is 2.38. The summed E-state index contributed by atoms with van der Waals surface area (Å²) in [5.74, 6) is 0.950. The van der Waals surface area contributed by atoms with Crippen LogP contribution in [0.25, 0.3) is 0 Å². The van der Waals surface area contributed by atoms with E-state index in [1.54, 1.807) is 6.92 Å². The first-order chi connectivity index (χ1) is 11.0. The number of nitrogens with one attached hydrogen (secondary N) is 1. The van der Waals surface area contributed by atoms with Crippen LogP contribution in [0.5, 0.6) is 5.75 Å². The van der Waals surface area contributed by atoms with Crippen LogP contribution in [0.2, 0.25) is 0 Å². The van der Waals surface area contributed by atoms with Crippen LogP contribution in [-0.2, 0) is 4.79 Å². The first-order valence-electron chi connectivity index (χ1n) is 8.04. The zero-order chi connectivity index (χ0) is 16.8. The summed E-state index contributed by atoms with van der Waals surface area (Å²) in [5.41, 5.74) is 3.37. The van der Waals surface area contributed by atoms with Crippen molar-refractivity contribution >= 4 is 5.91 Å². The van der Waals surface area contributed by atoms with Crippen LogP contribution < -0.4 is 10.1 Å². The summed E-state index contributed by atoms with van der Waals surface area (Å²) in [6.45, 7) is 8.48. The number of hydrogen-bond acceptors (Lipinski definition) is 2. The van der Waals surface area contributed by atoms with E-state index < -0.39 is 6.10 Å². The highest BCUT2D eigenvalue weighted by Crippen LogP contribution is 2.20. The second-order valence-electron chi connectivity index (χ2n) is 6.09. The monoisotopic (exact) mass is 311 g/mol. The minimum atomic E-state index is -0.515. The van der Waals surface area contributed by atoms with E-state index in [0.717, 1.165) is 16.9 Å². The van der Waals surface area contributed by atoms with E-state index in [1.165, 1.54) is 5.56 Å². The molecule has 1 N–H and O–H groups in total. The van der Waals surface area contributed by atoms with Gasteiger partial charge in [0, 0.05) is 6.54 Å². The molecule has 0 unspecified atom stereocenters. The van der Waals surface area contributed by atoms with E-state index in [0.29, 0.717) is 6.54 Å². The van der Waals surface area contributed by atoms with Gasteiger partial charge in [-0.25, -0.2) is 0 Å². The number of benzene rings is 2. The van der Waals surface area contributed by atoms with Gasteiger partial charge in [0.2, 0.25) is 0 Å². The Hall–Kier alpha value is -2.29. The predicted octanol–water partition coefficient (Wildman–Crippen LogP) is 3.99. The summed E-state index contributed by atoms with van der Waals surface area (Å²) in [6.07, 6.45) is -0.515. The molecular weight excluding hydrogens is 286 g/mol. The third-order valence-corrected chi connectivity index (χ3v) is 3.97. The Kier molecular flexibility index (Phi) is 5.80. The van der Waals surface area contributed by atoms with Crippen molar-refractivity contribution in [3.63, 3.8) is 0 Å². The van der Waals surface area contributed by atoms with Crippen molar-refractivity contribution in [1.29, 1.82) is 0 Å². The molecule has 0 bridgehead atoms. The smallest absolute Gasteiger partial charge is 0.260 e. The summed E-state index contributed by atoms with van der Waals surface area (Å²) < 4.78 is 5.81. The third kappa shape index (κ3) is 4.85. The summed E-state index contributed by atoms with van der Waals surface area (Å²) >= 11 is 0. The van der Waals surface area contributed by atoms with Crippen LogP contribution in [0.1, 0.15) is 36.5 Å². The zero-order valence-electron chi connectivity index (χ0n) is 14.3. The lowest BCUT2D eigenvalue weighted by Crippen LogP contribution is -2.38. The largest absolute Gasteiger partial charge is 0.481 e. The molecule has 0 saturated carbocycles. The van der Waals surface area contributed by atoms with Gasteiger partial charge in [-0.3, -0.25) is 4.79 Å². The lowest BCUT2D eigenvalue weighted by Gasteiger charge is -2.18. The highest BCUT2D eigenvalue weighted by atomic mass is 16.5. The Morgan fingerprint density at radius 1 is 1.09 bits per heavy atom. The Morgan fingerprint density at radius 2 is 1.78 bits per heavy atom.